The van der Waals surface area contributed by atoms with Crippen LogP contribution in [-0.4, -0.2) is 17.4 Å². The number of hydrogen-bond acceptors (Lipinski definition) is 3. The summed E-state index contributed by atoms with van der Waals surface area (Å²) >= 11 is 6.73. The fourth-order valence-electron chi connectivity index (χ4n) is 2.53. The molecule has 5 heteroatoms. The Bertz CT molecular complexity index is 688. The van der Waals surface area contributed by atoms with Crippen LogP contribution in [0.5, 0.6) is 0 Å². The number of rotatable bonds is 3. The topological polar surface area (TPSA) is 39.2 Å². The smallest absolute Gasteiger partial charge is 0.185 e. The molecule has 0 aliphatic carbocycles. The Labute approximate surface area is 140 Å². The number of ether oxygens (including phenoxy) is 1. The molecule has 0 spiro atoms. The first-order chi connectivity index (χ1) is 10.1. The summed E-state index contributed by atoms with van der Waals surface area (Å²) in [4.78, 5) is 16.7. The van der Waals surface area contributed by atoms with Gasteiger partial charge in [-0.1, -0.05) is 24.3 Å². The van der Waals surface area contributed by atoms with E-state index in [1.54, 1.807) is 6.20 Å². The molecule has 0 saturated heterocycles. The Morgan fingerprint density at radius 1 is 1.33 bits per heavy atom. The van der Waals surface area contributed by atoms with Crippen molar-refractivity contribution in [2.24, 2.45) is 0 Å². The van der Waals surface area contributed by atoms with Gasteiger partial charge in [-0.05, 0) is 55.5 Å². The molecule has 1 aliphatic rings. The summed E-state index contributed by atoms with van der Waals surface area (Å²) in [7, 11) is 0. The number of carbonyl (C=O) groups excluding carboxylic acids is 1. The number of Topliss-reactive ketones (excluding diaryl/α,β-unsaturated/α-hetero) is 1. The van der Waals surface area contributed by atoms with E-state index in [1.165, 1.54) is 5.56 Å². The van der Waals surface area contributed by atoms with Gasteiger partial charge in [0.25, 0.3) is 0 Å². The van der Waals surface area contributed by atoms with Crippen molar-refractivity contribution in [3.63, 3.8) is 0 Å². The van der Waals surface area contributed by atoms with Gasteiger partial charge in [-0.3, -0.25) is 9.78 Å². The number of ketones is 1. The van der Waals surface area contributed by atoms with Gasteiger partial charge < -0.3 is 4.74 Å². The van der Waals surface area contributed by atoms with E-state index in [0.717, 1.165) is 16.5 Å². The summed E-state index contributed by atoms with van der Waals surface area (Å²) in [5.41, 5.74) is 2.83. The Hall–Kier alpha value is -1.04. The third kappa shape index (κ3) is 3.25. The molecule has 0 bridgehead atoms. The van der Waals surface area contributed by atoms with Crippen LogP contribution >= 0.6 is 31.9 Å². The highest BCUT2D eigenvalue weighted by molar-refractivity contribution is 9.11. The summed E-state index contributed by atoms with van der Waals surface area (Å²) < 4.78 is 7.33. The van der Waals surface area contributed by atoms with Crippen LogP contribution in [0.3, 0.4) is 0 Å². The Kier molecular flexibility index (Phi) is 4.52. The van der Waals surface area contributed by atoms with Crippen LogP contribution in [0.1, 0.15) is 34.1 Å². The molecule has 21 heavy (non-hydrogen) atoms. The average molecular weight is 411 g/mol. The Balaban J connectivity index is 1.83. The first-order valence-corrected chi connectivity index (χ1v) is 8.27. The predicted octanol–water partition coefficient (Wildman–Crippen LogP) is 4.49. The maximum Gasteiger partial charge on any atom is 0.185 e. The number of carbonyl (C=O) groups is 1. The molecule has 1 atom stereocenters. The minimum absolute atomic E-state index is 0.0175. The summed E-state index contributed by atoms with van der Waals surface area (Å²) in [6.45, 7) is 0.657. The van der Waals surface area contributed by atoms with Crippen LogP contribution in [0.4, 0.5) is 0 Å². The van der Waals surface area contributed by atoms with E-state index in [-0.39, 0.29) is 11.9 Å². The van der Waals surface area contributed by atoms with E-state index in [2.05, 4.69) is 42.9 Å². The standard InChI is InChI=1S/C16H13Br2NO2/c17-11-7-13(18)16(19-9-11)14(20)8-15-12-4-2-1-3-10(12)5-6-21-15/h1-4,7,9,15H,5-6,8H2. The SMILES string of the molecule is O=C(CC1OCCc2ccccc21)c1ncc(Br)cc1Br. The van der Waals surface area contributed by atoms with Crippen molar-refractivity contribution >= 4 is 37.6 Å². The van der Waals surface area contributed by atoms with Gasteiger partial charge in [0, 0.05) is 21.6 Å². The molecule has 2 heterocycles. The number of aromatic nitrogens is 1. The second kappa shape index (κ2) is 6.38. The maximum atomic E-state index is 12.5. The van der Waals surface area contributed by atoms with Crippen molar-refractivity contribution in [2.75, 3.05) is 6.61 Å². The van der Waals surface area contributed by atoms with E-state index in [4.69, 9.17) is 4.74 Å². The predicted molar refractivity (Wildman–Crippen MR) is 87.4 cm³/mol. The minimum Gasteiger partial charge on any atom is -0.373 e. The lowest BCUT2D eigenvalue weighted by Gasteiger charge is -2.25. The summed E-state index contributed by atoms with van der Waals surface area (Å²) in [6.07, 6.45) is 2.67. The minimum atomic E-state index is -0.181. The third-order valence-electron chi connectivity index (χ3n) is 3.54. The number of pyridine rings is 1. The van der Waals surface area contributed by atoms with Gasteiger partial charge in [-0.15, -0.1) is 0 Å². The molecule has 1 aliphatic heterocycles. The zero-order valence-electron chi connectivity index (χ0n) is 11.2. The van der Waals surface area contributed by atoms with Gasteiger partial charge in [0.05, 0.1) is 12.7 Å². The molecule has 108 valence electrons. The molecule has 0 radical (unpaired) electrons. The number of benzene rings is 1. The highest BCUT2D eigenvalue weighted by Gasteiger charge is 2.25. The lowest BCUT2D eigenvalue weighted by atomic mass is 9.94. The van der Waals surface area contributed by atoms with Crippen molar-refractivity contribution < 1.29 is 9.53 Å². The van der Waals surface area contributed by atoms with Gasteiger partial charge in [0.15, 0.2) is 5.78 Å². The van der Waals surface area contributed by atoms with Crippen molar-refractivity contribution in [1.29, 1.82) is 0 Å². The molecule has 1 aromatic carbocycles. The molecular weight excluding hydrogens is 398 g/mol. The molecule has 3 rings (SSSR count). The first-order valence-electron chi connectivity index (χ1n) is 6.69. The second-order valence-electron chi connectivity index (χ2n) is 4.92. The van der Waals surface area contributed by atoms with E-state index < -0.39 is 0 Å². The summed E-state index contributed by atoms with van der Waals surface area (Å²) in [5, 5.41) is 0. The van der Waals surface area contributed by atoms with Crippen LogP contribution in [0.25, 0.3) is 0 Å². The van der Waals surface area contributed by atoms with Crippen LogP contribution < -0.4 is 0 Å². The lowest BCUT2D eigenvalue weighted by Crippen LogP contribution is -2.19. The van der Waals surface area contributed by atoms with Gasteiger partial charge in [-0.25, -0.2) is 0 Å². The highest BCUT2D eigenvalue weighted by Crippen LogP contribution is 2.31. The molecule has 0 saturated carbocycles. The van der Waals surface area contributed by atoms with Gasteiger partial charge in [0.2, 0.25) is 0 Å². The molecule has 0 N–H and O–H groups in total. The summed E-state index contributed by atoms with van der Waals surface area (Å²) in [5.74, 6) is -0.0175. The molecule has 1 aromatic heterocycles. The third-order valence-corrected chi connectivity index (χ3v) is 4.57. The van der Waals surface area contributed by atoms with Crippen LogP contribution in [0, 0.1) is 0 Å². The second-order valence-corrected chi connectivity index (χ2v) is 6.69. The quantitative estimate of drug-likeness (QED) is 0.699. The van der Waals surface area contributed by atoms with E-state index in [9.17, 15) is 4.79 Å². The lowest BCUT2D eigenvalue weighted by molar-refractivity contribution is 0.0350. The van der Waals surface area contributed by atoms with Gasteiger partial charge >= 0.3 is 0 Å². The monoisotopic (exact) mass is 409 g/mol. The van der Waals surface area contributed by atoms with Crippen LogP contribution in [-0.2, 0) is 11.2 Å². The zero-order valence-corrected chi connectivity index (χ0v) is 14.4. The van der Waals surface area contributed by atoms with Crippen LogP contribution in [0.2, 0.25) is 0 Å². The average Bonchev–Trinajstić information content (AvgIpc) is 2.47. The molecule has 1 unspecified atom stereocenters. The largest absolute Gasteiger partial charge is 0.373 e. The summed E-state index contributed by atoms with van der Waals surface area (Å²) in [6, 6.07) is 9.98. The molecule has 0 amide bonds. The van der Waals surface area contributed by atoms with Gasteiger partial charge in [0.1, 0.15) is 5.69 Å². The van der Waals surface area contributed by atoms with E-state index in [0.29, 0.717) is 23.2 Å². The number of fused-ring (bicyclic) bond motifs is 1. The van der Waals surface area contributed by atoms with Crippen LogP contribution in [0.15, 0.2) is 45.5 Å². The maximum absolute atomic E-state index is 12.5. The van der Waals surface area contributed by atoms with E-state index in [1.807, 2.05) is 24.3 Å². The zero-order chi connectivity index (χ0) is 14.8. The first kappa shape index (κ1) is 14.9. The number of hydrogen-bond donors (Lipinski definition) is 0. The fraction of sp³-hybridized carbons (Fsp3) is 0.250. The highest BCUT2D eigenvalue weighted by atomic mass is 79.9. The number of nitrogens with zero attached hydrogens (tertiary/aromatic N) is 1. The fourth-order valence-corrected chi connectivity index (χ4v) is 3.74. The normalized spacial score (nSPS) is 17.3. The van der Waals surface area contributed by atoms with Crippen molar-refractivity contribution in [1.82, 2.24) is 4.98 Å². The molecule has 2 aromatic rings. The number of halogens is 2. The van der Waals surface area contributed by atoms with Crippen molar-refractivity contribution in [3.05, 3.63) is 62.3 Å². The van der Waals surface area contributed by atoms with Crippen molar-refractivity contribution in [3.8, 4) is 0 Å². The van der Waals surface area contributed by atoms with Gasteiger partial charge in [-0.2, -0.15) is 0 Å². The molecule has 3 nitrogen and oxygen atoms in total. The molecule has 0 fully saturated rings. The Morgan fingerprint density at radius 2 is 2.14 bits per heavy atom. The molecular formula is C16H13Br2NO2. The van der Waals surface area contributed by atoms with E-state index >= 15 is 0 Å². The Morgan fingerprint density at radius 3 is 2.95 bits per heavy atom. The van der Waals surface area contributed by atoms with Crippen molar-refractivity contribution in [2.45, 2.75) is 18.9 Å².